The first-order valence-corrected chi connectivity index (χ1v) is 6.22. The molecule has 0 aliphatic carbocycles. The summed E-state index contributed by atoms with van der Waals surface area (Å²) in [5.41, 5.74) is 0.822. The van der Waals surface area contributed by atoms with Gasteiger partial charge in [0, 0.05) is 15.6 Å². The van der Waals surface area contributed by atoms with Gasteiger partial charge in [-0.2, -0.15) is 0 Å². The van der Waals surface area contributed by atoms with Crippen molar-refractivity contribution < 1.29 is 14.6 Å². The quantitative estimate of drug-likeness (QED) is 0.869. The molecular formula is C14H10Cl2O3. The number of halogens is 2. The first kappa shape index (κ1) is 13.7. The summed E-state index contributed by atoms with van der Waals surface area (Å²) in [7, 11) is 0. The first-order valence-electron chi connectivity index (χ1n) is 5.47. The maximum absolute atomic E-state index is 11.8. The van der Waals surface area contributed by atoms with Gasteiger partial charge in [0.15, 0.2) is 0 Å². The van der Waals surface area contributed by atoms with E-state index < -0.39 is 5.97 Å². The van der Waals surface area contributed by atoms with Crippen LogP contribution in [-0.2, 0) is 11.3 Å². The fourth-order valence-corrected chi connectivity index (χ4v) is 2.03. The van der Waals surface area contributed by atoms with Crippen LogP contribution in [0.15, 0.2) is 42.5 Å². The van der Waals surface area contributed by atoms with Gasteiger partial charge in [-0.3, -0.25) is 0 Å². The number of carbonyl (C=O) groups excluding carboxylic acids is 1. The summed E-state index contributed by atoms with van der Waals surface area (Å²) in [6, 6.07) is 11.0. The highest BCUT2D eigenvalue weighted by molar-refractivity contribution is 6.35. The van der Waals surface area contributed by atoms with Crippen LogP contribution < -0.4 is 0 Å². The Morgan fingerprint density at radius 1 is 1.11 bits per heavy atom. The molecule has 0 unspecified atom stereocenters. The summed E-state index contributed by atoms with van der Waals surface area (Å²) < 4.78 is 5.11. The first-order chi connectivity index (χ1) is 9.08. The second-order valence-electron chi connectivity index (χ2n) is 3.83. The minimum absolute atomic E-state index is 0.00484. The topological polar surface area (TPSA) is 46.5 Å². The zero-order valence-electron chi connectivity index (χ0n) is 9.77. The van der Waals surface area contributed by atoms with Gasteiger partial charge in [0.2, 0.25) is 0 Å². The van der Waals surface area contributed by atoms with Crippen molar-refractivity contribution in [3.63, 3.8) is 0 Å². The Bertz CT molecular complexity index is 591. The highest BCUT2D eigenvalue weighted by Gasteiger charge is 2.11. The number of hydrogen-bond donors (Lipinski definition) is 1. The SMILES string of the molecule is O=C(OCc1c(Cl)cccc1Cl)c1cccc(O)c1. The summed E-state index contributed by atoms with van der Waals surface area (Å²) in [6.07, 6.45) is 0. The van der Waals surface area contributed by atoms with Gasteiger partial charge in [-0.05, 0) is 30.3 Å². The van der Waals surface area contributed by atoms with Crippen molar-refractivity contribution in [2.45, 2.75) is 6.61 Å². The molecule has 2 rings (SSSR count). The van der Waals surface area contributed by atoms with Crippen LogP contribution in [0.4, 0.5) is 0 Å². The molecule has 5 heteroatoms. The summed E-state index contributed by atoms with van der Waals surface area (Å²) >= 11 is 11.9. The standard InChI is InChI=1S/C14H10Cl2O3/c15-12-5-2-6-13(16)11(12)8-19-14(18)9-3-1-4-10(17)7-9/h1-7,17H,8H2. The van der Waals surface area contributed by atoms with Crippen molar-refractivity contribution in [1.82, 2.24) is 0 Å². The Balaban J connectivity index is 2.09. The molecule has 0 aromatic heterocycles. The van der Waals surface area contributed by atoms with Crippen LogP contribution in [0.5, 0.6) is 5.75 Å². The maximum atomic E-state index is 11.8. The molecule has 19 heavy (non-hydrogen) atoms. The van der Waals surface area contributed by atoms with E-state index in [0.717, 1.165) is 0 Å². The molecule has 0 spiro atoms. The number of rotatable bonds is 3. The predicted octanol–water partition coefficient (Wildman–Crippen LogP) is 4.06. The fraction of sp³-hybridized carbons (Fsp3) is 0.0714. The average Bonchev–Trinajstić information content (AvgIpc) is 2.38. The van der Waals surface area contributed by atoms with Gasteiger partial charge in [-0.15, -0.1) is 0 Å². The van der Waals surface area contributed by atoms with Crippen LogP contribution in [0, 0.1) is 0 Å². The molecule has 0 atom stereocenters. The normalized spacial score (nSPS) is 10.2. The maximum Gasteiger partial charge on any atom is 0.338 e. The van der Waals surface area contributed by atoms with Crippen LogP contribution in [-0.4, -0.2) is 11.1 Å². The van der Waals surface area contributed by atoms with Crippen molar-refractivity contribution in [1.29, 1.82) is 0 Å². The second-order valence-corrected chi connectivity index (χ2v) is 4.64. The van der Waals surface area contributed by atoms with Crippen LogP contribution in [0.25, 0.3) is 0 Å². The molecule has 0 saturated carbocycles. The minimum Gasteiger partial charge on any atom is -0.508 e. The third-order valence-corrected chi connectivity index (χ3v) is 3.20. The highest BCUT2D eigenvalue weighted by Crippen LogP contribution is 2.25. The van der Waals surface area contributed by atoms with E-state index in [-0.39, 0.29) is 17.9 Å². The van der Waals surface area contributed by atoms with E-state index in [1.807, 2.05) is 0 Å². The molecule has 2 aromatic rings. The van der Waals surface area contributed by atoms with Gasteiger partial charge in [-0.1, -0.05) is 35.3 Å². The zero-order valence-corrected chi connectivity index (χ0v) is 11.3. The molecule has 0 bridgehead atoms. The predicted molar refractivity (Wildman–Crippen MR) is 73.7 cm³/mol. The van der Waals surface area contributed by atoms with Gasteiger partial charge >= 0.3 is 5.97 Å². The van der Waals surface area contributed by atoms with Gasteiger partial charge in [0.25, 0.3) is 0 Å². The van der Waals surface area contributed by atoms with E-state index >= 15 is 0 Å². The molecule has 0 aliphatic rings. The zero-order chi connectivity index (χ0) is 13.8. The molecule has 1 N–H and O–H groups in total. The van der Waals surface area contributed by atoms with E-state index in [2.05, 4.69) is 0 Å². The molecule has 0 heterocycles. The number of ether oxygens (including phenoxy) is 1. The van der Waals surface area contributed by atoms with Crippen molar-refractivity contribution >= 4 is 29.2 Å². The molecule has 0 radical (unpaired) electrons. The lowest BCUT2D eigenvalue weighted by molar-refractivity contribution is 0.0472. The van der Waals surface area contributed by atoms with E-state index in [4.69, 9.17) is 27.9 Å². The summed E-state index contributed by atoms with van der Waals surface area (Å²) in [6.45, 7) is -0.0208. The third kappa shape index (κ3) is 3.40. The smallest absolute Gasteiger partial charge is 0.338 e. The number of aromatic hydroxyl groups is 1. The minimum atomic E-state index is -0.549. The van der Waals surface area contributed by atoms with Crippen LogP contribution >= 0.6 is 23.2 Å². The van der Waals surface area contributed by atoms with Crippen molar-refractivity contribution in [3.8, 4) is 5.75 Å². The van der Waals surface area contributed by atoms with Gasteiger partial charge in [0.1, 0.15) is 12.4 Å². The Labute approximate surface area is 120 Å². The Morgan fingerprint density at radius 2 is 1.74 bits per heavy atom. The lowest BCUT2D eigenvalue weighted by Gasteiger charge is -2.08. The average molecular weight is 297 g/mol. The molecular weight excluding hydrogens is 287 g/mol. The Morgan fingerprint density at radius 3 is 2.37 bits per heavy atom. The number of benzene rings is 2. The fourth-order valence-electron chi connectivity index (χ4n) is 1.52. The molecule has 0 aliphatic heterocycles. The lowest BCUT2D eigenvalue weighted by Crippen LogP contribution is -2.05. The number of phenols is 1. The summed E-state index contributed by atoms with van der Waals surface area (Å²) in [5.74, 6) is -0.544. The van der Waals surface area contributed by atoms with Crippen LogP contribution in [0.3, 0.4) is 0 Å². The van der Waals surface area contributed by atoms with Crippen molar-refractivity contribution in [3.05, 3.63) is 63.6 Å². The molecule has 2 aromatic carbocycles. The number of carbonyl (C=O) groups is 1. The van der Waals surface area contributed by atoms with Gasteiger partial charge < -0.3 is 9.84 Å². The van der Waals surface area contributed by atoms with Gasteiger partial charge in [0.05, 0.1) is 5.56 Å². The largest absolute Gasteiger partial charge is 0.508 e. The van der Waals surface area contributed by atoms with Gasteiger partial charge in [-0.25, -0.2) is 4.79 Å². The highest BCUT2D eigenvalue weighted by atomic mass is 35.5. The Kier molecular flexibility index (Phi) is 4.30. The lowest BCUT2D eigenvalue weighted by atomic mass is 10.2. The van der Waals surface area contributed by atoms with E-state index in [0.29, 0.717) is 15.6 Å². The number of hydrogen-bond acceptors (Lipinski definition) is 3. The Hall–Kier alpha value is -1.71. The summed E-state index contributed by atoms with van der Waals surface area (Å²) in [4.78, 5) is 11.8. The van der Waals surface area contributed by atoms with E-state index in [1.165, 1.54) is 12.1 Å². The molecule has 0 amide bonds. The molecule has 0 fully saturated rings. The molecule has 98 valence electrons. The number of esters is 1. The third-order valence-electron chi connectivity index (χ3n) is 2.49. The second kappa shape index (κ2) is 5.95. The van der Waals surface area contributed by atoms with Crippen molar-refractivity contribution in [2.24, 2.45) is 0 Å². The van der Waals surface area contributed by atoms with Crippen LogP contribution in [0.2, 0.25) is 10.0 Å². The van der Waals surface area contributed by atoms with E-state index in [9.17, 15) is 9.90 Å². The number of phenolic OH excluding ortho intramolecular Hbond substituents is 1. The molecule has 0 saturated heterocycles. The summed E-state index contributed by atoms with van der Waals surface area (Å²) in [5, 5.41) is 10.2. The van der Waals surface area contributed by atoms with E-state index in [1.54, 1.807) is 30.3 Å². The molecule has 3 nitrogen and oxygen atoms in total. The van der Waals surface area contributed by atoms with Crippen molar-refractivity contribution in [2.75, 3.05) is 0 Å². The van der Waals surface area contributed by atoms with Crippen LogP contribution in [0.1, 0.15) is 15.9 Å². The monoisotopic (exact) mass is 296 g/mol.